The number of fused-ring (bicyclic) bond motifs is 2. The topological polar surface area (TPSA) is 113 Å². The first-order valence-corrected chi connectivity index (χ1v) is 13.1. The maximum atomic E-state index is 14.1. The van der Waals surface area contributed by atoms with E-state index in [-0.39, 0.29) is 6.42 Å². The van der Waals surface area contributed by atoms with Crippen LogP contribution in [-0.2, 0) is 17.6 Å². The molecule has 0 aliphatic carbocycles. The first kappa shape index (κ1) is 25.1. The van der Waals surface area contributed by atoms with Gasteiger partial charge in [-0.15, -0.1) is 0 Å². The van der Waals surface area contributed by atoms with Gasteiger partial charge in [0.15, 0.2) is 0 Å². The molecule has 0 bridgehead atoms. The highest BCUT2D eigenvalue weighted by Gasteiger charge is 2.29. The Bertz CT molecular complexity index is 1880. The first-order chi connectivity index (χ1) is 19.6. The van der Waals surface area contributed by atoms with Crippen LogP contribution in [0.1, 0.15) is 29.0 Å². The van der Waals surface area contributed by atoms with Crippen LogP contribution in [0.3, 0.4) is 0 Å². The Morgan fingerprint density at radius 2 is 1.32 bits per heavy atom. The fourth-order valence-electron chi connectivity index (χ4n) is 5.07. The van der Waals surface area contributed by atoms with E-state index in [0.717, 1.165) is 26.7 Å². The summed E-state index contributed by atoms with van der Waals surface area (Å²) in [5, 5.41) is 3.46. The number of nitrogens with one attached hydrogen (secondary N) is 3. The van der Waals surface area contributed by atoms with Crippen molar-refractivity contribution in [1.29, 1.82) is 0 Å². The predicted molar refractivity (Wildman–Crippen MR) is 155 cm³/mol. The van der Waals surface area contributed by atoms with Crippen molar-refractivity contribution >= 4 is 27.8 Å². The molecule has 1 amide bonds. The largest absolute Gasteiger partial charge is 0.344 e. The number of hydrogen-bond acceptors (Lipinski definition) is 4. The third kappa shape index (κ3) is 5.07. The number of rotatable bonds is 8. The van der Waals surface area contributed by atoms with E-state index < -0.39 is 29.2 Å². The first-order valence-electron chi connectivity index (χ1n) is 13.1. The van der Waals surface area contributed by atoms with Gasteiger partial charge in [-0.3, -0.25) is 9.59 Å². The molecule has 0 saturated heterocycles. The van der Waals surface area contributed by atoms with Crippen LogP contribution in [0.25, 0.3) is 21.9 Å². The molecule has 0 aliphatic heterocycles. The molecule has 6 rings (SSSR count). The molecular formula is C32H27N5O3. The van der Waals surface area contributed by atoms with Crippen LogP contribution in [0.2, 0.25) is 0 Å². The van der Waals surface area contributed by atoms with E-state index in [1.54, 1.807) is 24.3 Å². The van der Waals surface area contributed by atoms with E-state index in [1.165, 1.54) is 0 Å². The van der Waals surface area contributed by atoms with Gasteiger partial charge in [-0.05, 0) is 41.8 Å². The molecule has 8 nitrogen and oxygen atoms in total. The van der Waals surface area contributed by atoms with Crippen molar-refractivity contribution in [3.05, 3.63) is 147 Å². The molecule has 0 aliphatic rings. The lowest BCUT2D eigenvalue weighted by Crippen LogP contribution is -2.46. The van der Waals surface area contributed by atoms with E-state index in [4.69, 9.17) is 4.98 Å². The second-order valence-electron chi connectivity index (χ2n) is 9.75. The molecule has 0 unspecified atom stereocenters. The number of carbonyl (C=O) groups is 1. The van der Waals surface area contributed by atoms with E-state index in [1.807, 2.05) is 84.9 Å². The predicted octanol–water partition coefficient (Wildman–Crippen LogP) is 4.45. The number of H-pyrrole nitrogens is 2. The Morgan fingerprint density at radius 1 is 0.725 bits per heavy atom. The second kappa shape index (κ2) is 10.9. The van der Waals surface area contributed by atoms with Crippen LogP contribution in [-0.4, -0.2) is 25.4 Å². The summed E-state index contributed by atoms with van der Waals surface area (Å²) in [6.07, 6.45) is 0.625. The van der Waals surface area contributed by atoms with Crippen LogP contribution >= 0.6 is 0 Å². The molecule has 8 heteroatoms. The van der Waals surface area contributed by atoms with E-state index in [9.17, 15) is 14.4 Å². The summed E-state index contributed by atoms with van der Waals surface area (Å²) in [7, 11) is 0. The van der Waals surface area contributed by atoms with Crippen molar-refractivity contribution in [3.63, 3.8) is 0 Å². The van der Waals surface area contributed by atoms with Gasteiger partial charge in [-0.1, -0.05) is 84.9 Å². The number of imidazole rings is 1. The zero-order valence-electron chi connectivity index (χ0n) is 21.6. The fourth-order valence-corrected chi connectivity index (χ4v) is 5.07. The summed E-state index contributed by atoms with van der Waals surface area (Å²) in [6, 6.07) is 32.0. The summed E-state index contributed by atoms with van der Waals surface area (Å²) >= 11 is 0. The van der Waals surface area contributed by atoms with Crippen molar-refractivity contribution < 1.29 is 4.79 Å². The maximum absolute atomic E-state index is 14.1. The van der Waals surface area contributed by atoms with Gasteiger partial charge in [-0.25, -0.2) is 14.3 Å². The summed E-state index contributed by atoms with van der Waals surface area (Å²) in [5.41, 5.74) is 2.75. The number of carbonyl (C=O) groups excluding carboxylic acids is 1. The number of hydrogen-bond donors (Lipinski definition) is 3. The number of aromatic amines is 2. The Morgan fingerprint density at radius 3 is 2.02 bits per heavy atom. The highest BCUT2D eigenvalue weighted by atomic mass is 16.2. The molecule has 2 atom stereocenters. The van der Waals surface area contributed by atoms with Crippen LogP contribution in [0.15, 0.2) is 119 Å². The molecule has 0 fully saturated rings. The molecule has 198 valence electrons. The number of para-hydroxylation sites is 3. The molecule has 0 spiro atoms. The molecule has 3 N–H and O–H groups in total. The van der Waals surface area contributed by atoms with Gasteiger partial charge >= 0.3 is 5.69 Å². The average molecular weight is 530 g/mol. The average Bonchev–Trinajstić information content (AvgIpc) is 3.42. The highest BCUT2D eigenvalue weighted by molar-refractivity contribution is 5.83. The van der Waals surface area contributed by atoms with Crippen LogP contribution in [0.5, 0.6) is 0 Å². The third-order valence-electron chi connectivity index (χ3n) is 7.06. The quantitative estimate of drug-likeness (QED) is 0.270. The monoisotopic (exact) mass is 529 g/mol. The minimum Gasteiger partial charge on any atom is -0.344 e. The molecule has 0 saturated carbocycles. The lowest BCUT2D eigenvalue weighted by molar-refractivity contribution is -0.125. The standard InChI is InChI=1S/C32H27N5O3/c38-30(35-27(19-21-11-3-1-4-12-21)29-33-25-17-9-10-18-26(25)34-29)28(20-22-13-5-2-6-14-22)37-31(39)23-15-7-8-16-24(23)36-32(37)40/h1-18,27-28H,19-20H2,(H,33,34)(H,35,38)(H,36,40)/t27-,28+/m1/s1. The molecule has 2 aromatic heterocycles. The maximum Gasteiger partial charge on any atom is 0.329 e. The number of benzene rings is 4. The third-order valence-corrected chi connectivity index (χ3v) is 7.06. The second-order valence-corrected chi connectivity index (χ2v) is 9.75. The Balaban J connectivity index is 1.42. The molecule has 0 radical (unpaired) electrons. The molecule has 40 heavy (non-hydrogen) atoms. The molecule has 4 aromatic carbocycles. The van der Waals surface area contributed by atoms with E-state index >= 15 is 0 Å². The van der Waals surface area contributed by atoms with Crippen molar-refractivity contribution in [2.24, 2.45) is 0 Å². The van der Waals surface area contributed by atoms with Gasteiger partial charge in [0.05, 0.1) is 28.0 Å². The summed E-state index contributed by atoms with van der Waals surface area (Å²) in [6.45, 7) is 0. The van der Waals surface area contributed by atoms with Crippen molar-refractivity contribution in [2.75, 3.05) is 0 Å². The van der Waals surface area contributed by atoms with Gasteiger partial charge in [-0.2, -0.15) is 0 Å². The number of amides is 1. The highest BCUT2D eigenvalue weighted by Crippen LogP contribution is 2.22. The van der Waals surface area contributed by atoms with Crippen LogP contribution in [0.4, 0.5) is 0 Å². The number of nitrogens with zero attached hydrogens (tertiary/aromatic N) is 2. The molecular weight excluding hydrogens is 502 g/mol. The summed E-state index contributed by atoms with van der Waals surface area (Å²) in [5.74, 6) is 0.143. The van der Waals surface area contributed by atoms with Crippen LogP contribution < -0.4 is 16.6 Å². The lowest BCUT2D eigenvalue weighted by Gasteiger charge is -2.23. The van der Waals surface area contributed by atoms with Gasteiger partial charge in [0.25, 0.3) is 5.56 Å². The SMILES string of the molecule is O=C(N[C@H](Cc1ccccc1)c1nc2ccccc2[nH]1)[C@H](Cc1ccccc1)n1c(=O)[nH]c2ccccc2c1=O. The number of aromatic nitrogens is 4. The summed E-state index contributed by atoms with van der Waals surface area (Å²) < 4.78 is 1.03. The minimum atomic E-state index is -1.09. The Kier molecular flexibility index (Phi) is 6.80. The fraction of sp³-hybridized carbons (Fsp3) is 0.125. The van der Waals surface area contributed by atoms with Crippen LogP contribution in [0, 0.1) is 0 Å². The van der Waals surface area contributed by atoms with Crippen molar-refractivity contribution in [3.8, 4) is 0 Å². The normalized spacial score (nSPS) is 12.8. The van der Waals surface area contributed by atoms with E-state index in [0.29, 0.717) is 23.1 Å². The van der Waals surface area contributed by atoms with Gasteiger partial charge in [0, 0.05) is 6.42 Å². The minimum absolute atomic E-state index is 0.159. The van der Waals surface area contributed by atoms with E-state index in [2.05, 4.69) is 15.3 Å². The zero-order chi connectivity index (χ0) is 27.5. The lowest BCUT2D eigenvalue weighted by atomic mass is 10.0. The van der Waals surface area contributed by atoms with Crippen molar-refractivity contribution in [1.82, 2.24) is 24.8 Å². The smallest absolute Gasteiger partial charge is 0.329 e. The van der Waals surface area contributed by atoms with Gasteiger partial charge in [0.2, 0.25) is 5.91 Å². The van der Waals surface area contributed by atoms with Crippen molar-refractivity contribution in [2.45, 2.75) is 24.9 Å². The molecule has 2 heterocycles. The zero-order valence-corrected chi connectivity index (χ0v) is 21.6. The molecule has 6 aromatic rings. The van der Waals surface area contributed by atoms with Gasteiger partial charge in [0.1, 0.15) is 11.9 Å². The Hall–Kier alpha value is -5.24. The Labute approximate surface area is 229 Å². The van der Waals surface area contributed by atoms with Gasteiger partial charge < -0.3 is 15.3 Å². The summed E-state index contributed by atoms with van der Waals surface area (Å²) in [4.78, 5) is 51.8.